The summed E-state index contributed by atoms with van der Waals surface area (Å²) in [5.41, 5.74) is 0.831. The lowest BCUT2D eigenvalue weighted by molar-refractivity contribution is -0.0346. The normalized spacial score (nSPS) is 19.8. The lowest BCUT2D eigenvalue weighted by atomic mass is 10.0. The van der Waals surface area contributed by atoms with Crippen LogP contribution in [0.25, 0.3) is 0 Å². The summed E-state index contributed by atoms with van der Waals surface area (Å²) in [6.07, 6.45) is 0.0151. The average Bonchev–Trinajstić information content (AvgIpc) is 3.17. The van der Waals surface area contributed by atoms with Crippen molar-refractivity contribution in [1.82, 2.24) is 10.2 Å². The van der Waals surface area contributed by atoms with E-state index in [0.29, 0.717) is 47.3 Å². The third-order valence-corrected chi connectivity index (χ3v) is 5.47. The molecule has 4 rings (SSSR count). The van der Waals surface area contributed by atoms with Crippen LogP contribution in [0.3, 0.4) is 0 Å². The number of ether oxygens (including phenoxy) is 3. The molecular weight excluding hydrogens is 399 g/mol. The maximum atomic E-state index is 14.7. The highest BCUT2D eigenvalue weighted by Gasteiger charge is 2.29. The van der Waals surface area contributed by atoms with E-state index >= 15 is 0 Å². The predicted molar refractivity (Wildman–Crippen MR) is 106 cm³/mol. The number of morpholine rings is 1. The van der Waals surface area contributed by atoms with Crippen LogP contribution in [-0.4, -0.2) is 49.9 Å². The van der Waals surface area contributed by atoms with Gasteiger partial charge in [0.25, 0.3) is 5.91 Å². The lowest BCUT2D eigenvalue weighted by Gasteiger charge is -2.38. The Bertz CT molecular complexity index is 890. The van der Waals surface area contributed by atoms with Crippen molar-refractivity contribution in [2.24, 2.45) is 0 Å². The fourth-order valence-electron chi connectivity index (χ4n) is 3.70. The van der Waals surface area contributed by atoms with E-state index in [0.717, 1.165) is 0 Å². The Balaban J connectivity index is 1.54. The van der Waals surface area contributed by atoms with Crippen LogP contribution in [0.4, 0.5) is 4.39 Å². The number of fused-ring (bicyclic) bond motifs is 1. The monoisotopic (exact) mass is 420 g/mol. The van der Waals surface area contributed by atoms with Crippen molar-refractivity contribution in [3.8, 4) is 11.5 Å². The molecule has 0 aromatic heterocycles. The average molecular weight is 421 g/mol. The maximum Gasteiger partial charge on any atom is 0.251 e. The van der Waals surface area contributed by atoms with Crippen LogP contribution >= 0.6 is 11.6 Å². The zero-order valence-electron chi connectivity index (χ0n) is 16.0. The molecule has 0 spiro atoms. The summed E-state index contributed by atoms with van der Waals surface area (Å²) in [4.78, 5) is 14.8. The fourth-order valence-corrected chi connectivity index (χ4v) is 3.99. The van der Waals surface area contributed by atoms with Gasteiger partial charge in [-0.15, -0.1) is 0 Å². The summed E-state index contributed by atoms with van der Waals surface area (Å²) >= 11 is 6.34. The van der Waals surface area contributed by atoms with Gasteiger partial charge in [0.05, 0.1) is 18.8 Å². The van der Waals surface area contributed by atoms with Gasteiger partial charge < -0.3 is 19.5 Å². The standard InChI is InChI=1S/C21H22ClFN2O4/c1-13-11-25(7-8-27-13)17(20-15(22)3-2-4-16(20)23)10-24-21(26)14-5-6-18-19(9-14)29-12-28-18/h2-6,9,13,17H,7-8,10-12H2,1H3,(H,24,26)/t13-,17+/m1/s1. The summed E-state index contributed by atoms with van der Waals surface area (Å²) in [6.45, 7) is 4.11. The highest BCUT2D eigenvalue weighted by atomic mass is 35.5. The second kappa shape index (κ2) is 8.57. The molecular formula is C21H22ClFN2O4. The van der Waals surface area contributed by atoms with E-state index in [9.17, 15) is 9.18 Å². The fraction of sp³-hybridized carbons (Fsp3) is 0.381. The molecule has 6 nitrogen and oxygen atoms in total. The molecule has 2 heterocycles. The van der Waals surface area contributed by atoms with Crippen LogP contribution in [0.1, 0.15) is 28.9 Å². The molecule has 2 aliphatic heterocycles. The number of hydrogen-bond acceptors (Lipinski definition) is 5. The zero-order chi connectivity index (χ0) is 20.4. The number of nitrogens with zero attached hydrogens (tertiary/aromatic N) is 1. The molecule has 2 aromatic carbocycles. The predicted octanol–water partition coefficient (Wildman–Crippen LogP) is 3.40. The Labute approximate surface area is 173 Å². The molecule has 0 radical (unpaired) electrons. The van der Waals surface area contributed by atoms with Gasteiger partial charge in [-0.2, -0.15) is 0 Å². The number of hydrogen-bond donors (Lipinski definition) is 1. The van der Waals surface area contributed by atoms with E-state index in [4.69, 9.17) is 25.8 Å². The first-order valence-corrected chi connectivity index (χ1v) is 9.88. The Morgan fingerprint density at radius 2 is 2.14 bits per heavy atom. The van der Waals surface area contributed by atoms with Gasteiger partial charge in [-0.05, 0) is 37.3 Å². The highest BCUT2D eigenvalue weighted by Crippen LogP contribution is 2.33. The Morgan fingerprint density at radius 1 is 1.31 bits per heavy atom. The van der Waals surface area contributed by atoms with E-state index < -0.39 is 6.04 Å². The van der Waals surface area contributed by atoms with Crippen molar-refractivity contribution in [2.45, 2.75) is 19.1 Å². The molecule has 0 saturated carbocycles. The Morgan fingerprint density at radius 3 is 2.93 bits per heavy atom. The largest absolute Gasteiger partial charge is 0.454 e. The van der Waals surface area contributed by atoms with Gasteiger partial charge in [-0.1, -0.05) is 17.7 Å². The van der Waals surface area contributed by atoms with Gasteiger partial charge in [0, 0.05) is 35.8 Å². The molecule has 29 heavy (non-hydrogen) atoms. The van der Waals surface area contributed by atoms with E-state index in [1.807, 2.05) is 6.92 Å². The first-order chi connectivity index (χ1) is 14.0. The second-order valence-corrected chi connectivity index (χ2v) is 7.51. The van der Waals surface area contributed by atoms with Crippen molar-refractivity contribution in [3.05, 3.63) is 58.4 Å². The van der Waals surface area contributed by atoms with Crippen molar-refractivity contribution >= 4 is 17.5 Å². The summed E-state index contributed by atoms with van der Waals surface area (Å²) in [7, 11) is 0. The van der Waals surface area contributed by atoms with Crippen LogP contribution in [0.2, 0.25) is 5.02 Å². The van der Waals surface area contributed by atoms with Gasteiger partial charge in [0.15, 0.2) is 11.5 Å². The minimum absolute atomic E-state index is 0.0151. The first kappa shape index (κ1) is 19.9. The molecule has 1 saturated heterocycles. The molecule has 1 amide bonds. The van der Waals surface area contributed by atoms with E-state index in [1.54, 1.807) is 30.3 Å². The molecule has 0 unspecified atom stereocenters. The van der Waals surface area contributed by atoms with E-state index in [1.165, 1.54) is 6.07 Å². The van der Waals surface area contributed by atoms with Crippen LogP contribution in [-0.2, 0) is 4.74 Å². The third-order valence-electron chi connectivity index (χ3n) is 5.14. The van der Waals surface area contributed by atoms with Crippen LogP contribution in [0.5, 0.6) is 11.5 Å². The molecule has 0 aliphatic carbocycles. The minimum atomic E-state index is -0.409. The number of nitrogens with one attached hydrogen (secondary N) is 1. The molecule has 2 aromatic rings. The van der Waals surface area contributed by atoms with Crippen molar-refractivity contribution < 1.29 is 23.4 Å². The van der Waals surface area contributed by atoms with Gasteiger partial charge >= 0.3 is 0 Å². The SMILES string of the molecule is C[C@@H]1CN([C@@H](CNC(=O)c2ccc3c(c2)OCO3)c2c(F)cccc2Cl)CCO1. The summed E-state index contributed by atoms with van der Waals surface area (Å²) < 4.78 is 30.9. The molecule has 0 bridgehead atoms. The molecule has 1 fully saturated rings. The number of carbonyl (C=O) groups is 1. The van der Waals surface area contributed by atoms with E-state index in [-0.39, 0.29) is 31.2 Å². The van der Waals surface area contributed by atoms with Crippen molar-refractivity contribution in [3.63, 3.8) is 0 Å². The topological polar surface area (TPSA) is 60.0 Å². The van der Waals surface area contributed by atoms with Gasteiger partial charge in [0.1, 0.15) is 5.82 Å². The van der Waals surface area contributed by atoms with Gasteiger partial charge in [0.2, 0.25) is 6.79 Å². The smallest absolute Gasteiger partial charge is 0.251 e. The van der Waals surface area contributed by atoms with E-state index in [2.05, 4.69) is 10.2 Å². The number of carbonyl (C=O) groups excluding carboxylic acids is 1. The third kappa shape index (κ3) is 4.32. The number of halogens is 2. The Kier molecular flexibility index (Phi) is 5.89. The maximum absolute atomic E-state index is 14.7. The zero-order valence-corrected chi connectivity index (χ0v) is 16.7. The molecule has 8 heteroatoms. The Hall–Kier alpha value is -2.35. The van der Waals surface area contributed by atoms with Crippen LogP contribution in [0.15, 0.2) is 36.4 Å². The highest BCUT2D eigenvalue weighted by molar-refractivity contribution is 6.31. The number of benzene rings is 2. The summed E-state index contributed by atoms with van der Waals surface area (Å²) in [5, 5.41) is 3.25. The van der Waals surface area contributed by atoms with Gasteiger partial charge in [-0.25, -0.2) is 4.39 Å². The first-order valence-electron chi connectivity index (χ1n) is 9.50. The molecule has 154 valence electrons. The second-order valence-electron chi connectivity index (χ2n) is 7.11. The van der Waals surface area contributed by atoms with Crippen LogP contribution in [0, 0.1) is 5.82 Å². The lowest BCUT2D eigenvalue weighted by Crippen LogP contribution is -2.47. The molecule has 2 atom stereocenters. The summed E-state index contributed by atoms with van der Waals surface area (Å²) in [5.74, 6) is 0.481. The molecule has 2 aliphatic rings. The van der Waals surface area contributed by atoms with Crippen LogP contribution < -0.4 is 14.8 Å². The minimum Gasteiger partial charge on any atom is -0.454 e. The number of rotatable bonds is 5. The number of amides is 1. The quantitative estimate of drug-likeness (QED) is 0.803. The molecule has 1 N–H and O–H groups in total. The van der Waals surface area contributed by atoms with Crippen molar-refractivity contribution in [2.75, 3.05) is 33.0 Å². The van der Waals surface area contributed by atoms with Crippen molar-refractivity contribution in [1.29, 1.82) is 0 Å². The van der Waals surface area contributed by atoms with Gasteiger partial charge in [-0.3, -0.25) is 9.69 Å². The summed E-state index contributed by atoms with van der Waals surface area (Å²) in [6, 6.07) is 9.23.